The van der Waals surface area contributed by atoms with Gasteiger partial charge in [-0.05, 0) is 33.0 Å². The average molecular weight is 248 g/mol. The van der Waals surface area contributed by atoms with Crippen LogP contribution in [0.4, 0.5) is 5.69 Å². The second-order valence-corrected chi connectivity index (χ2v) is 3.88. The zero-order valence-corrected chi connectivity index (χ0v) is 10.5. The number of nitrogens with one attached hydrogen (secondary N) is 1. The molecule has 0 aromatic heterocycles. The lowest BCUT2D eigenvalue weighted by atomic mass is 10.1. The number of carbonyl (C=O) groups excluding carboxylic acids is 1. The van der Waals surface area contributed by atoms with Crippen LogP contribution in [0.15, 0.2) is 24.3 Å². The minimum Gasteiger partial charge on any atom is -0.319 e. The maximum absolute atomic E-state index is 11.2. The summed E-state index contributed by atoms with van der Waals surface area (Å²) >= 11 is 0. The third-order valence-electron chi connectivity index (χ3n) is 2.49. The molecule has 0 radical (unpaired) electrons. The van der Waals surface area contributed by atoms with E-state index in [0.29, 0.717) is 11.1 Å². The molecule has 18 heavy (non-hydrogen) atoms. The van der Waals surface area contributed by atoms with E-state index in [1.807, 2.05) is 13.1 Å². The van der Waals surface area contributed by atoms with Crippen molar-refractivity contribution in [3.05, 3.63) is 45.5 Å². The van der Waals surface area contributed by atoms with Crippen LogP contribution in [0, 0.1) is 10.1 Å². The molecule has 0 atom stereocenters. The van der Waals surface area contributed by atoms with Gasteiger partial charge in [0.15, 0.2) is 5.78 Å². The first kappa shape index (κ1) is 14.1. The van der Waals surface area contributed by atoms with Crippen LogP contribution in [-0.2, 0) is 0 Å². The Kier molecular flexibility index (Phi) is 5.20. The third-order valence-corrected chi connectivity index (χ3v) is 2.49. The molecule has 0 bridgehead atoms. The zero-order valence-electron chi connectivity index (χ0n) is 10.5. The van der Waals surface area contributed by atoms with Gasteiger partial charge >= 0.3 is 0 Å². The number of nitrogens with zero attached hydrogens (tertiary/aromatic N) is 1. The van der Waals surface area contributed by atoms with Crippen molar-refractivity contribution in [2.45, 2.75) is 13.3 Å². The lowest BCUT2D eigenvalue weighted by Gasteiger charge is -2.00. The Balaban J connectivity index is 3.00. The molecule has 5 nitrogen and oxygen atoms in total. The van der Waals surface area contributed by atoms with Gasteiger partial charge in [-0.25, -0.2) is 0 Å². The third kappa shape index (κ3) is 3.78. The highest BCUT2D eigenvalue weighted by Crippen LogP contribution is 2.22. The van der Waals surface area contributed by atoms with Crippen LogP contribution >= 0.6 is 0 Å². The van der Waals surface area contributed by atoms with Gasteiger partial charge in [-0.3, -0.25) is 14.9 Å². The Hall–Kier alpha value is -2.01. The van der Waals surface area contributed by atoms with Crippen LogP contribution < -0.4 is 5.32 Å². The Morgan fingerprint density at radius 1 is 1.50 bits per heavy atom. The highest BCUT2D eigenvalue weighted by Gasteiger charge is 2.13. The zero-order chi connectivity index (χ0) is 13.5. The fourth-order valence-electron chi connectivity index (χ4n) is 1.50. The van der Waals surface area contributed by atoms with Gasteiger partial charge in [0.25, 0.3) is 5.69 Å². The van der Waals surface area contributed by atoms with Gasteiger partial charge in [0, 0.05) is 11.6 Å². The molecule has 1 N–H and O–H groups in total. The smallest absolute Gasteiger partial charge is 0.277 e. The molecule has 0 amide bonds. The molecule has 96 valence electrons. The summed E-state index contributed by atoms with van der Waals surface area (Å²) in [6.07, 6.45) is 4.37. The van der Waals surface area contributed by atoms with Crippen molar-refractivity contribution in [2.75, 3.05) is 13.6 Å². The van der Waals surface area contributed by atoms with E-state index in [2.05, 4.69) is 5.32 Å². The van der Waals surface area contributed by atoms with Gasteiger partial charge in [-0.2, -0.15) is 0 Å². The molecule has 5 heteroatoms. The van der Waals surface area contributed by atoms with E-state index in [9.17, 15) is 14.9 Å². The van der Waals surface area contributed by atoms with Crippen molar-refractivity contribution >= 4 is 17.5 Å². The van der Waals surface area contributed by atoms with Crippen LogP contribution in [0.5, 0.6) is 0 Å². The van der Waals surface area contributed by atoms with Crippen LogP contribution in [0.25, 0.3) is 6.08 Å². The predicted octanol–water partition coefficient (Wildman–Crippen LogP) is 2.42. The largest absolute Gasteiger partial charge is 0.319 e. The molecule has 0 saturated heterocycles. The Labute approximate surface area is 106 Å². The number of benzene rings is 1. The molecular weight excluding hydrogens is 232 g/mol. The second kappa shape index (κ2) is 6.66. The molecule has 0 unspecified atom stereocenters. The van der Waals surface area contributed by atoms with Gasteiger partial charge in [-0.1, -0.05) is 18.2 Å². The van der Waals surface area contributed by atoms with Gasteiger partial charge in [0.2, 0.25) is 0 Å². The molecular formula is C13H16N2O3. The summed E-state index contributed by atoms with van der Waals surface area (Å²) in [5.74, 6) is -0.177. The van der Waals surface area contributed by atoms with Crippen LogP contribution in [0.3, 0.4) is 0 Å². The summed E-state index contributed by atoms with van der Waals surface area (Å²) in [4.78, 5) is 21.6. The molecule has 0 saturated carbocycles. The molecule has 0 aliphatic rings. The molecule has 1 rings (SSSR count). The minimum absolute atomic E-state index is 0.0385. The summed E-state index contributed by atoms with van der Waals surface area (Å²) in [6.45, 7) is 2.21. The first-order valence-electron chi connectivity index (χ1n) is 5.66. The number of nitro groups is 1. The number of nitro benzene ring substituents is 1. The van der Waals surface area contributed by atoms with Gasteiger partial charge in [0.1, 0.15) is 0 Å². The van der Waals surface area contributed by atoms with Crippen LogP contribution in [0.2, 0.25) is 0 Å². The monoisotopic (exact) mass is 248 g/mol. The molecule has 0 fully saturated rings. The lowest BCUT2D eigenvalue weighted by molar-refractivity contribution is -0.385. The minimum atomic E-state index is -0.468. The van der Waals surface area contributed by atoms with Crippen molar-refractivity contribution < 1.29 is 9.72 Å². The molecule has 0 spiro atoms. The average Bonchev–Trinajstić information content (AvgIpc) is 2.34. The van der Waals surface area contributed by atoms with E-state index in [-0.39, 0.29) is 11.5 Å². The summed E-state index contributed by atoms with van der Waals surface area (Å²) in [5, 5.41) is 13.9. The number of Topliss-reactive ketones (excluding diaryl/α,β-unsaturated/α-hetero) is 1. The van der Waals surface area contributed by atoms with Crippen molar-refractivity contribution in [3.63, 3.8) is 0 Å². The first-order chi connectivity index (χ1) is 8.56. The maximum Gasteiger partial charge on any atom is 0.277 e. The van der Waals surface area contributed by atoms with E-state index in [0.717, 1.165) is 13.0 Å². The van der Waals surface area contributed by atoms with E-state index >= 15 is 0 Å². The number of rotatable bonds is 6. The predicted molar refractivity (Wildman–Crippen MR) is 70.7 cm³/mol. The topological polar surface area (TPSA) is 72.2 Å². The van der Waals surface area contributed by atoms with Crippen molar-refractivity contribution in [3.8, 4) is 0 Å². The summed E-state index contributed by atoms with van der Waals surface area (Å²) in [7, 11) is 1.85. The van der Waals surface area contributed by atoms with E-state index in [1.54, 1.807) is 18.2 Å². The van der Waals surface area contributed by atoms with Crippen molar-refractivity contribution in [2.24, 2.45) is 0 Å². The summed E-state index contributed by atoms with van der Waals surface area (Å²) in [6, 6.07) is 4.53. The molecule has 0 aliphatic carbocycles. The molecule has 1 aromatic carbocycles. The van der Waals surface area contributed by atoms with Gasteiger partial charge in [0.05, 0.1) is 10.5 Å². The van der Waals surface area contributed by atoms with E-state index in [4.69, 9.17) is 0 Å². The van der Waals surface area contributed by atoms with E-state index < -0.39 is 4.92 Å². The standard InChI is InChI=1S/C13H16N2O3/c1-10(16)12-7-6-11(5-3-4-8-14-2)13(9-12)15(17)18/h3,5-7,9,14H,4,8H2,1-2H3. The van der Waals surface area contributed by atoms with Crippen LogP contribution in [0.1, 0.15) is 29.3 Å². The maximum atomic E-state index is 11.2. The lowest BCUT2D eigenvalue weighted by Crippen LogP contribution is -2.05. The van der Waals surface area contributed by atoms with Gasteiger partial charge < -0.3 is 5.32 Å². The fourth-order valence-corrected chi connectivity index (χ4v) is 1.50. The summed E-state index contributed by atoms with van der Waals surface area (Å²) < 4.78 is 0. The highest BCUT2D eigenvalue weighted by molar-refractivity contribution is 5.95. The summed E-state index contributed by atoms with van der Waals surface area (Å²) in [5.41, 5.74) is 0.832. The Morgan fingerprint density at radius 3 is 2.78 bits per heavy atom. The Morgan fingerprint density at radius 2 is 2.22 bits per heavy atom. The van der Waals surface area contributed by atoms with Gasteiger partial charge in [-0.15, -0.1) is 0 Å². The Bertz CT molecular complexity index is 481. The fraction of sp³-hybridized carbons (Fsp3) is 0.308. The van der Waals surface area contributed by atoms with Crippen molar-refractivity contribution in [1.82, 2.24) is 5.32 Å². The normalized spacial score (nSPS) is 10.8. The van der Waals surface area contributed by atoms with Crippen molar-refractivity contribution in [1.29, 1.82) is 0 Å². The van der Waals surface area contributed by atoms with E-state index in [1.165, 1.54) is 13.0 Å². The number of hydrogen-bond donors (Lipinski definition) is 1. The number of ketones is 1. The highest BCUT2D eigenvalue weighted by atomic mass is 16.6. The molecule has 0 heterocycles. The molecule has 1 aromatic rings. The number of hydrogen-bond acceptors (Lipinski definition) is 4. The first-order valence-corrected chi connectivity index (χ1v) is 5.66. The van der Waals surface area contributed by atoms with Crippen LogP contribution in [-0.4, -0.2) is 24.3 Å². The molecule has 0 aliphatic heterocycles. The second-order valence-electron chi connectivity index (χ2n) is 3.88. The number of carbonyl (C=O) groups is 1. The SMILES string of the molecule is CNCCC=Cc1ccc(C(C)=O)cc1[N+](=O)[O-]. The quantitative estimate of drug-likeness (QED) is 0.363.